The molecule has 0 aliphatic heterocycles. The molecule has 70 valence electrons. The first-order valence-electron chi connectivity index (χ1n) is 4.34. The van der Waals surface area contributed by atoms with E-state index in [2.05, 4.69) is 9.97 Å². The average molecular weight is 186 g/mol. The van der Waals surface area contributed by atoms with Gasteiger partial charge >= 0.3 is 0 Å². The summed E-state index contributed by atoms with van der Waals surface area (Å²) in [6, 6.07) is 7.27. The molecule has 0 amide bonds. The molecule has 0 radical (unpaired) electrons. The van der Waals surface area contributed by atoms with Crippen molar-refractivity contribution in [3.63, 3.8) is 0 Å². The SMILES string of the molecule is Cc1ccc(-c2ccc(O)cn2)cn1. The van der Waals surface area contributed by atoms with Crippen molar-refractivity contribution in [3.05, 3.63) is 42.4 Å². The molecule has 2 aromatic heterocycles. The standard InChI is InChI=1S/C11H10N2O/c1-8-2-3-9(6-12-8)11-5-4-10(14)7-13-11/h2-7,14H,1H3. The van der Waals surface area contributed by atoms with E-state index in [0.29, 0.717) is 0 Å². The molecule has 0 spiro atoms. The number of aromatic nitrogens is 2. The van der Waals surface area contributed by atoms with Gasteiger partial charge in [0, 0.05) is 17.5 Å². The predicted octanol–water partition coefficient (Wildman–Crippen LogP) is 2.16. The Bertz CT molecular complexity index is 377. The largest absolute Gasteiger partial charge is 0.506 e. The molecule has 0 aliphatic carbocycles. The molecule has 2 heterocycles. The molecule has 0 bridgehead atoms. The lowest BCUT2D eigenvalue weighted by Crippen LogP contribution is -1.85. The Morgan fingerprint density at radius 1 is 1.00 bits per heavy atom. The van der Waals surface area contributed by atoms with E-state index in [9.17, 15) is 0 Å². The van der Waals surface area contributed by atoms with Gasteiger partial charge in [0.25, 0.3) is 0 Å². The van der Waals surface area contributed by atoms with E-state index in [0.717, 1.165) is 17.0 Å². The van der Waals surface area contributed by atoms with Crippen molar-refractivity contribution in [1.29, 1.82) is 0 Å². The molecule has 0 saturated heterocycles. The summed E-state index contributed by atoms with van der Waals surface area (Å²) < 4.78 is 0. The van der Waals surface area contributed by atoms with Crippen LogP contribution in [0.4, 0.5) is 0 Å². The smallest absolute Gasteiger partial charge is 0.133 e. The highest BCUT2D eigenvalue weighted by molar-refractivity contribution is 5.58. The van der Waals surface area contributed by atoms with Crippen LogP contribution in [0, 0.1) is 6.92 Å². The number of aryl methyl sites for hydroxylation is 1. The summed E-state index contributed by atoms with van der Waals surface area (Å²) in [5.74, 6) is 0.175. The fourth-order valence-electron chi connectivity index (χ4n) is 1.18. The van der Waals surface area contributed by atoms with E-state index in [1.165, 1.54) is 6.20 Å². The predicted molar refractivity (Wildman–Crippen MR) is 53.9 cm³/mol. The van der Waals surface area contributed by atoms with E-state index in [1.807, 2.05) is 19.1 Å². The van der Waals surface area contributed by atoms with Crippen LogP contribution in [-0.2, 0) is 0 Å². The van der Waals surface area contributed by atoms with Crippen LogP contribution < -0.4 is 0 Å². The second kappa shape index (κ2) is 3.46. The number of rotatable bonds is 1. The number of pyridine rings is 2. The average Bonchev–Trinajstić information content (AvgIpc) is 2.21. The summed E-state index contributed by atoms with van der Waals surface area (Å²) in [4.78, 5) is 8.26. The summed E-state index contributed by atoms with van der Waals surface area (Å²) >= 11 is 0. The Morgan fingerprint density at radius 2 is 1.86 bits per heavy atom. The van der Waals surface area contributed by atoms with Crippen LogP contribution >= 0.6 is 0 Å². The molecule has 0 aromatic carbocycles. The lowest BCUT2D eigenvalue weighted by atomic mass is 10.2. The van der Waals surface area contributed by atoms with Gasteiger partial charge in [0.1, 0.15) is 5.75 Å². The number of nitrogens with zero attached hydrogens (tertiary/aromatic N) is 2. The van der Waals surface area contributed by atoms with Gasteiger partial charge in [-0.05, 0) is 31.2 Å². The second-order valence-electron chi connectivity index (χ2n) is 3.09. The first-order valence-corrected chi connectivity index (χ1v) is 4.34. The van der Waals surface area contributed by atoms with Crippen molar-refractivity contribution >= 4 is 0 Å². The molecule has 14 heavy (non-hydrogen) atoms. The lowest BCUT2D eigenvalue weighted by Gasteiger charge is -2.00. The van der Waals surface area contributed by atoms with Crippen LogP contribution in [-0.4, -0.2) is 15.1 Å². The van der Waals surface area contributed by atoms with Crippen LogP contribution in [0.3, 0.4) is 0 Å². The molecule has 3 heteroatoms. The van der Waals surface area contributed by atoms with Gasteiger partial charge < -0.3 is 5.11 Å². The Balaban J connectivity index is 2.40. The molecular formula is C11H10N2O. The third-order valence-corrected chi connectivity index (χ3v) is 1.95. The van der Waals surface area contributed by atoms with Gasteiger partial charge in [0.05, 0.1) is 11.9 Å². The zero-order valence-electron chi connectivity index (χ0n) is 7.81. The molecule has 0 saturated carbocycles. The van der Waals surface area contributed by atoms with Crippen molar-refractivity contribution in [2.75, 3.05) is 0 Å². The van der Waals surface area contributed by atoms with E-state index in [4.69, 9.17) is 5.11 Å². The molecule has 3 nitrogen and oxygen atoms in total. The summed E-state index contributed by atoms with van der Waals surface area (Å²) in [5, 5.41) is 9.07. The van der Waals surface area contributed by atoms with Crippen LogP contribution in [0.25, 0.3) is 11.3 Å². The molecule has 0 fully saturated rings. The zero-order valence-corrected chi connectivity index (χ0v) is 7.81. The van der Waals surface area contributed by atoms with Gasteiger partial charge in [-0.15, -0.1) is 0 Å². The maximum Gasteiger partial charge on any atom is 0.133 e. The van der Waals surface area contributed by atoms with Crippen LogP contribution in [0.2, 0.25) is 0 Å². The summed E-state index contributed by atoms with van der Waals surface area (Å²) in [5.41, 5.74) is 2.75. The van der Waals surface area contributed by atoms with Crippen molar-refractivity contribution in [1.82, 2.24) is 9.97 Å². The molecule has 0 atom stereocenters. The Morgan fingerprint density at radius 3 is 2.43 bits per heavy atom. The highest BCUT2D eigenvalue weighted by atomic mass is 16.3. The first kappa shape index (κ1) is 8.69. The zero-order chi connectivity index (χ0) is 9.97. The molecule has 2 aromatic rings. The molecule has 0 unspecified atom stereocenters. The van der Waals surface area contributed by atoms with Gasteiger partial charge in [-0.25, -0.2) is 0 Å². The topological polar surface area (TPSA) is 46.0 Å². The third kappa shape index (κ3) is 1.71. The minimum Gasteiger partial charge on any atom is -0.506 e. The van der Waals surface area contributed by atoms with E-state index >= 15 is 0 Å². The minimum absolute atomic E-state index is 0.175. The lowest BCUT2D eigenvalue weighted by molar-refractivity contribution is 0.473. The Hall–Kier alpha value is -1.90. The monoisotopic (exact) mass is 186 g/mol. The first-order chi connectivity index (χ1) is 6.75. The summed E-state index contributed by atoms with van der Waals surface area (Å²) in [6.45, 7) is 1.94. The highest BCUT2D eigenvalue weighted by Gasteiger charge is 1.98. The van der Waals surface area contributed by atoms with Gasteiger partial charge in [0.2, 0.25) is 0 Å². The molecule has 0 aliphatic rings. The van der Waals surface area contributed by atoms with Gasteiger partial charge in [-0.1, -0.05) is 0 Å². The highest BCUT2D eigenvalue weighted by Crippen LogP contribution is 2.17. The third-order valence-electron chi connectivity index (χ3n) is 1.95. The van der Waals surface area contributed by atoms with E-state index < -0.39 is 0 Å². The number of hydrogen-bond acceptors (Lipinski definition) is 3. The maximum absolute atomic E-state index is 9.07. The van der Waals surface area contributed by atoms with Crippen molar-refractivity contribution in [3.8, 4) is 17.0 Å². The summed E-state index contributed by atoms with van der Waals surface area (Å²) in [7, 11) is 0. The van der Waals surface area contributed by atoms with Gasteiger partial charge in [-0.3, -0.25) is 9.97 Å². The van der Waals surface area contributed by atoms with Crippen molar-refractivity contribution in [2.45, 2.75) is 6.92 Å². The van der Waals surface area contributed by atoms with Gasteiger partial charge in [0.15, 0.2) is 0 Å². The number of hydrogen-bond donors (Lipinski definition) is 1. The fraction of sp³-hybridized carbons (Fsp3) is 0.0909. The van der Waals surface area contributed by atoms with Crippen LogP contribution in [0.5, 0.6) is 5.75 Å². The van der Waals surface area contributed by atoms with Crippen molar-refractivity contribution in [2.24, 2.45) is 0 Å². The van der Waals surface area contributed by atoms with E-state index in [1.54, 1.807) is 18.3 Å². The molecule has 1 N–H and O–H groups in total. The van der Waals surface area contributed by atoms with Crippen LogP contribution in [0.1, 0.15) is 5.69 Å². The normalized spacial score (nSPS) is 10.1. The Labute approximate surface area is 82.1 Å². The Kier molecular flexibility index (Phi) is 2.14. The van der Waals surface area contributed by atoms with Gasteiger partial charge in [-0.2, -0.15) is 0 Å². The molecule has 2 rings (SSSR count). The van der Waals surface area contributed by atoms with Crippen LogP contribution in [0.15, 0.2) is 36.7 Å². The summed E-state index contributed by atoms with van der Waals surface area (Å²) in [6.07, 6.45) is 3.20. The molecular weight excluding hydrogens is 176 g/mol. The number of aromatic hydroxyl groups is 1. The fourth-order valence-corrected chi connectivity index (χ4v) is 1.18. The minimum atomic E-state index is 0.175. The van der Waals surface area contributed by atoms with Crippen molar-refractivity contribution < 1.29 is 5.11 Å². The second-order valence-corrected chi connectivity index (χ2v) is 3.09. The maximum atomic E-state index is 9.07. The quantitative estimate of drug-likeness (QED) is 0.742. The van der Waals surface area contributed by atoms with E-state index in [-0.39, 0.29) is 5.75 Å².